The van der Waals surface area contributed by atoms with Crippen LogP contribution in [0.2, 0.25) is 5.02 Å². The first-order valence-electron chi connectivity index (χ1n) is 8.62. The molecule has 2 heterocycles. The molecular weight excluding hydrogens is 379 g/mol. The summed E-state index contributed by atoms with van der Waals surface area (Å²) >= 11 is 6.05. The second-order valence-corrected chi connectivity index (χ2v) is 6.93. The Hall–Kier alpha value is -2.28. The standard InChI is InChI=1S/C19H19ClF3N3O/c1-12(13-6-3-2-4-7-13)25-18(27)16-8-5-9-26(16)17-15(20)10-14(11-24-17)19(21,22)23/h2-4,6-7,10-12,16H,5,8-9H2,1H3,(H,25,27)/t12-,16-/m1/s1. The van der Waals surface area contributed by atoms with Crippen LogP contribution in [-0.2, 0) is 11.0 Å². The molecule has 0 spiro atoms. The topological polar surface area (TPSA) is 45.2 Å². The van der Waals surface area contributed by atoms with Gasteiger partial charge in [0.1, 0.15) is 11.9 Å². The minimum Gasteiger partial charge on any atom is -0.348 e. The van der Waals surface area contributed by atoms with E-state index >= 15 is 0 Å². The Morgan fingerprint density at radius 1 is 1.33 bits per heavy atom. The van der Waals surface area contributed by atoms with E-state index in [9.17, 15) is 18.0 Å². The predicted octanol–water partition coefficient (Wildman–Crippen LogP) is 4.60. The summed E-state index contributed by atoms with van der Waals surface area (Å²) in [5.41, 5.74) is 0.0650. The van der Waals surface area contributed by atoms with E-state index in [1.165, 1.54) is 0 Å². The van der Waals surface area contributed by atoms with Gasteiger partial charge in [-0.25, -0.2) is 4.98 Å². The van der Waals surface area contributed by atoms with E-state index in [2.05, 4.69) is 10.3 Å². The first-order chi connectivity index (χ1) is 12.8. The molecule has 8 heteroatoms. The number of nitrogens with zero attached hydrogens (tertiary/aromatic N) is 2. The number of carbonyl (C=O) groups excluding carboxylic acids is 1. The molecule has 1 aliphatic rings. The van der Waals surface area contributed by atoms with Gasteiger partial charge in [0.15, 0.2) is 0 Å². The highest BCUT2D eigenvalue weighted by Gasteiger charge is 2.36. The van der Waals surface area contributed by atoms with Gasteiger partial charge in [-0.3, -0.25) is 4.79 Å². The number of alkyl halides is 3. The first-order valence-corrected chi connectivity index (χ1v) is 9.00. The first kappa shape index (κ1) is 19.5. The Morgan fingerprint density at radius 3 is 2.67 bits per heavy atom. The van der Waals surface area contributed by atoms with Crippen LogP contribution in [0.1, 0.15) is 36.9 Å². The van der Waals surface area contributed by atoms with Crippen LogP contribution >= 0.6 is 11.6 Å². The van der Waals surface area contributed by atoms with Crippen LogP contribution in [0.4, 0.5) is 19.0 Å². The van der Waals surface area contributed by atoms with E-state index < -0.39 is 17.8 Å². The number of anilines is 1. The van der Waals surface area contributed by atoms with Gasteiger partial charge in [-0.05, 0) is 31.4 Å². The normalized spacial score (nSPS) is 18.4. The third kappa shape index (κ3) is 4.35. The van der Waals surface area contributed by atoms with Crippen molar-refractivity contribution >= 4 is 23.3 Å². The fraction of sp³-hybridized carbons (Fsp3) is 0.368. The van der Waals surface area contributed by atoms with Crippen LogP contribution in [-0.4, -0.2) is 23.5 Å². The molecule has 0 bridgehead atoms. The molecule has 0 radical (unpaired) electrons. The smallest absolute Gasteiger partial charge is 0.348 e. The van der Waals surface area contributed by atoms with E-state index in [4.69, 9.17) is 11.6 Å². The van der Waals surface area contributed by atoms with Crippen molar-refractivity contribution in [3.8, 4) is 0 Å². The van der Waals surface area contributed by atoms with Gasteiger partial charge in [-0.1, -0.05) is 41.9 Å². The Bertz CT molecular complexity index is 814. The molecule has 1 aromatic heterocycles. The average molecular weight is 398 g/mol. The summed E-state index contributed by atoms with van der Waals surface area (Å²) < 4.78 is 38.4. The largest absolute Gasteiger partial charge is 0.417 e. The van der Waals surface area contributed by atoms with E-state index in [1.54, 1.807) is 4.90 Å². The summed E-state index contributed by atoms with van der Waals surface area (Å²) in [7, 11) is 0. The number of nitrogens with one attached hydrogen (secondary N) is 1. The summed E-state index contributed by atoms with van der Waals surface area (Å²) in [6.45, 7) is 2.39. The summed E-state index contributed by atoms with van der Waals surface area (Å²) in [4.78, 5) is 18.3. The number of benzene rings is 1. The fourth-order valence-electron chi connectivity index (χ4n) is 3.22. The van der Waals surface area contributed by atoms with Gasteiger partial charge in [-0.2, -0.15) is 13.2 Å². The molecule has 4 nitrogen and oxygen atoms in total. The van der Waals surface area contributed by atoms with Crippen molar-refractivity contribution in [2.24, 2.45) is 0 Å². The molecule has 1 aromatic carbocycles. The highest BCUT2D eigenvalue weighted by molar-refractivity contribution is 6.33. The summed E-state index contributed by atoms with van der Waals surface area (Å²) in [6.07, 6.45) is -2.44. The zero-order chi connectivity index (χ0) is 19.6. The minimum absolute atomic E-state index is 0.111. The van der Waals surface area contributed by atoms with Crippen molar-refractivity contribution < 1.29 is 18.0 Å². The van der Waals surface area contributed by atoms with Crippen molar-refractivity contribution in [2.45, 2.75) is 38.0 Å². The predicted molar refractivity (Wildman–Crippen MR) is 97.6 cm³/mol. The lowest BCUT2D eigenvalue weighted by atomic mass is 10.1. The minimum atomic E-state index is -4.51. The van der Waals surface area contributed by atoms with E-state index in [0.717, 1.165) is 24.2 Å². The third-order valence-corrected chi connectivity index (χ3v) is 4.91. The van der Waals surface area contributed by atoms with Crippen molar-refractivity contribution in [3.05, 3.63) is 58.7 Å². The van der Waals surface area contributed by atoms with Gasteiger partial charge >= 0.3 is 6.18 Å². The zero-order valence-corrected chi connectivity index (χ0v) is 15.4. The van der Waals surface area contributed by atoms with Gasteiger partial charge in [-0.15, -0.1) is 0 Å². The zero-order valence-electron chi connectivity index (χ0n) is 14.6. The number of hydrogen-bond donors (Lipinski definition) is 1. The molecule has 0 unspecified atom stereocenters. The SMILES string of the molecule is C[C@@H](NC(=O)[C@H]1CCCN1c1ncc(C(F)(F)F)cc1Cl)c1ccccc1. The third-order valence-electron chi connectivity index (χ3n) is 4.63. The number of carbonyl (C=O) groups is 1. The monoisotopic (exact) mass is 397 g/mol. The van der Waals surface area contributed by atoms with Crippen LogP contribution in [0, 0.1) is 0 Å². The number of halogens is 4. The lowest BCUT2D eigenvalue weighted by molar-refractivity contribution is -0.137. The van der Waals surface area contributed by atoms with Gasteiger partial charge in [0.2, 0.25) is 5.91 Å². The highest BCUT2D eigenvalue weighted by atomic mass is 35.5. The lowest BCUT2D eigenvalue weighted by Crippen LogP contribution is -2.44. The van der Waals surface area contributed by atoms with Crippen LogP contribution in [0.5, 0.6) is 0 Å². The number of hydrogen-bond acceptors (Lipinski definition) is 3. The molecule has 1 fully saturated rings. The average Bonchev–Trinajstić information content (AvgIpc) is 3.11. The Labute approximate surface area is 160 Å². The van der Waals surface area contributed by atoms with Gasteiger partial charge in [0.25, 0.3) is 0 Å². The second kappa shape index (κ2) is 7.76. The number of amides is 1. The van der Waals surface area contributed by atoms with Crippen LogP contribution in [0.25, 0.3) is 0 Å². The molecule has 144 valence electrons. The van der Waals surface area contributed by atoms with Crippen molar-refractivity contribution in [1.29, 1.82) is 0 Å². The van der Waals surface area contributed by atoms with E-state index in [1.807, 2.05) is 37.3 Å². The Kier molecular flexibility index (Phi) is 5.60. The molecule has 2 aromatic rings. The highest BCUT2D eigenvalue weighted by Crippen LogP contribution is 2.35. The van der Waals surface area contributed by atoms with Crippen LogP contribution in [0.15, 0.2) is 42.6 Å². The molecule has 0 aliphatic carbocycles. The second-order valence-electron chi connectivity index (χ2n) is 6.52. The molecule has 1 amide bonds. The Morgan fingerprint density at radius 2 is 2.04 bits per heavy atom. The maximum absolute atomic E-state index is 12.8. The molecule has 1 N–H and O–H groups in total. The van der Waals surface area contributed by atoms with E-state index in [0.29, 0.717) is 13.0 Å². The molecule has 1 aliphatic heterocycles. The maximum atomic E-state index is 12.8. The lowest BCUT2D eigenvalue weighted by Gasteiger charge is -2.27. The van der Waals surface area contributed by atoms with Gasteiger partial charge in [0.05, 0.1) is 16.6 Å². The van der Waals surface area contributed by atoms with Gasteiger partial charge < -0.3 is 10.2 Å². The molecule has 1 saturated heterocycles. The number of rotatable bonds is 4. The fourth-order valence-corrected chi connectivity index (χ4v) is 3.50. The summed E-state index contributed by atoms with van der Waals surface area (Å²) in [5, 5.41) is 2.85. The number of aromatic nitrogens is 1. The van der Waals surface area contributed by atoms with Crippen molar-refractivity contribution in [3.63, 3.8) is 0 Å². The molecule has 2 atom stereocenters. The molecular formula is C19H19ClF3N3O. The van der Waals surface area contributed by atoms with Gasteiger partial charge in [0, 0.05) is 12.7 Å². The maximum Gasteiger partial charge on any atom is 0.417 e. The van der Waals surface area contributed by atoms with Crippen molar-refractivity contribution in [1.82, 2.24) is 10.3 Å². The van der Waals surface area contributed by atoms with E-state index in [-0.39, 0.29) is 22.8 Å². The number of pyridine rings is 1. The molecule has 0 saturated carbocycles. The summed E-state index contributed by atoms with van der Waals surface area (Å²) in [5.74, 6) is 0.0105. The molecule has 27 heavy (non-hydrogen) atoms. The molecule has 3 rings (SSSR count). The quantitative estimate of drug-likeness (QED) is 0.820. The van der Waals surface area contributed by atoms with Crippen LogP contribution in [0.3, 0.4) is 0 Å². The van der Waals surface area contributed by atoms with Crippen LogP contribution < -0.4 is 10.2 Å². The summed E-state index contributed by atoms with van der Waals surface area (Å²) in [6, 6.07) is 9.68. The van der Waals surface area contributed by atoms with Crippen molar-refractivity contribution in [2.75, 3.05) is 11.4 Å². The Balaban J connectivity index is 1.76.